The van der Waals surface area contributed by atoms with Gasteiger partial charge in [-0.25, -0.2) is 0 Å². The highest BCUT2D eigenvalue weighted by Gasteiger charge is 2.48. The van der Waals surface area contributed by atoms with E-state index >= 15 is 0 Å². The molecule has 0 aromatic rings. The van der Waals surface area contributed by atoms with Crippen LogP contribution in [0.5, 0.6) is 0 Å². The summed E-state index contributed by atoms with van der Waals surface area (Å²) < 4.78 is 19.7. The van der Waals surface area contributed by atoms with Crippen molar-refractivity contribution in [3.05, 3.63) is 0 Å². The summed E-state index contributed by atoms with van der Waals surface area (Å²) in [6.07, 6.45) is -4.06. The Hall–Kier alpha value is -0.940. The number of esters is 3. The minimum atomic E-state index is -1.25. The van der Waals surface area contributed by atoms with Gasteiger partial charge in [0.2, 0.25) is 0 Å². The third kappa shape index (κ3) is 5.40. The van der Waals surface area contributed by atoms with Gasteiger partial charge in [0.25, 0.3) is 0 Å². The van der Waals surface area contributed by atoms with Crippen LogP contribution >= 0.6 is 22.6 Å². The molecule has 0 bridgehead atoms. The average Bonchev–Trinajstić information content (AvgIpc) is 2.35. The summed E-state index contributed by atoms with van der Waals surface area (Å²) in [5.41, 5.74) is 0. The molecule has 21 heavy (non-hydrogen) atoms. The predicted octanol–water partition coefficient (Wildman–Crippen LogP) is -0.0663. The second-order valence-electron chi connectivity index (χ2n) is 4.46. The molecule has 0 aromatic carbocycles. The third-order valence-electron chi connectivity index (χ3n) is 2.65. The Morgan fingerprint density at radius 3 is 2.05 bits per heavy atom. The summed E-state index contributed by atoms with van der Waals surface area (Å²) in [7, 11) is 0. The summed E-state index contributed by atoms with van der Waals surface area (Å²) in [4.78, 5) is 33.3. The predicted molar refractivity (Wildman–Crippen MR) is 76.4 cm³/mol. The molecule has 0 aliphatic carbocycles. The van der Waals surface area contributed by atoms with E-state index < -0.39 is 46.4 Å². The van der Waals surface area contributed by atoms with Crippen molar-refractivity contribution in [2.45, 2.75) is 49.3 Å². The molecule has 0 spiro atoms. The highest BCUT2D eigenvalue weighted by molar-refractivity contribution is 14.1. The van der Waals surface area contributed by atoms with Crippen LogP contribution in [0.4, 0.5) is 0 Å². The Balaban J connectivity index is 2.94. The van der Waals surface area contributed by atoms with Gasteiger partial charge in [-0.15, -0.1) is 0 Å². The first kappa shape index (κ1) is 18.1. The Morgan fingerprint density at radius 1 is 1.05 bits per heavy atom. The Morgan fingerprint density at radius 2 is 1.57 bits per heavy atom. The first-order chi connectivity index (χ1) is 9.72. The maximum absolute atomic E-state index is 11.2. The lowest BCUT2D eigenvalue weighted by Crippen LogP contribution is -2.59. The van der Waals surface area contributed by atoms with Crippen molar-refractivity contribution >= 4 is 40.5 Å². The first-order valence-corrected chi connectivity index (χ1v) is 7.42. The van der Waals surface area contributed by atoms with Crippen molar-refractivity contribution in [2.75, 3.05) is 6.61 Å². The van der Waals surface area contributed by atoms with Gasteiger partial charge >= 0.3 is 17.9 Å². The number of rotatable bonds is 4. The van der Waals surface area contributed by atoms with Gasteiger partial charge in [0, 0.05) is 20.8 Å². The largest absolute Gasteiger partial charge is 0.463 e. The number of aliphatic hydroxyl groups is 1. The van der Waals surface area contributed by atoms with Gasteiger partial charge in [0.1, 0.15) is 16.6 Å². The molecule has 0 aromatic heterocycles. The molecule has 1 fully saturated rings. The van der Waals surface area contributed by atoms with Crippen molar-refractivity contribution in [2.24, 2.45) is 0 Å². The van der Waals surface area contributed by atoms with E-state index in [0.29, 0.717) is 0 Å². The number of halogens is 1. The number of carbonyl (C=O) groups excluding carboxylic acids is 3. The fourth-order valence-corrected chi connectivity index (χ4v) is 2.60. The van der Waals surface area contributed by atoms with Crippen molar-refractivity contribution in [3.63, 3.8) is 0 Å². The van der Waals surface area contributed by atoms with Crippen LogP contribution in [0.25, 0.3) is 0 Å². The van der Waals surface area contributed by atoms with E-state index in [4.69, 9.17) is 18.9 Å². The van der Waals surface area contributed by atoms with E-state index in [1.807, 2.05) is 22.6 Å². The van der Waals surface area contributed by atoms with Gasteiger partial charge in [-0.2, -0.15) is 0 Å². The zero-order valence-corrected chi connectivity index (χ0v) is 13.9. The molecule has 1 aliphatic heterocycles. The maximum Gasteiger partial charge on any atom is 0.303 e. The Labute approximate surface area is 135 Å². The van der Waals surface area contributed by atoms with Crippen LogP contribution in [0.15, 0.2) is 0 Å². The van der Waals surface area contributed by atoms with Crippen LogP contribution in [0, 0.1) is 0 Å². The average molecular weight is 416 g/mol. The molecule has 0 saturated carbocycles. The zero-order valence-electron chi connectivity index (χ0n) is 11.8. The smallest absolute Gasteiger partial charge is 0.303 e. The van der Waals surface area contributed by atoms with E-state index in [1.54, 1.807) is 0 Å². The van der Waals surface area contributed by atoms with Gasteiger partial charge < -0.3 is 24.1 Å². The molecule has 5 atom stereocenters. The summed E-state index contributed by atoms with van der Waals surface area (Å²) in [6.45, 7) is 3.38. The van der Waals surface area contributed by atoms with Crippen LogP contribution in [0.1, 0.15) is 20.8 Å². The second kappa shape index (κ2) is 7.90. The van der Waals surface area contributed by atoms with Gasteiger partial charge in [-0.05, 0) is 0 Å². The molecule has 9 heteroatoms. The Bertz CT molecular complexity index is 412. The molecule has 0 amide bonds. The molecule has 1 saturated heterocycles. The van der Waals surface area contributed by atoms with Crippen LogP contribution in [0.2, 0.25) is 0 Å². The van der Waals surface area contributed by atoms with Gasteiger partial charge in [-0.3, -0.25) is 14.4 Å². The van der Waals surface area contributed by atoms with Crippen molar-refractivity contribution < 1.29 is 38.4 Å². The molecular formula is C12H17IO8. The fourth-order valence-electron chi connectivity index (χ4n) is 1.88. The van der Waals surface area contributed by atoms with Crippen LogP contribution < -0.4 is 0 Å². The molecule has 120 valence electrons. The summed E-state index contributed by atoms with van der Waals surface area (Å²) in [5.74, 6) is -1.73. The lowest BCUT2D eigenvalue weighted by molar-refractivity contribution is -0.246. The quantitative estimate of drug-likeness (QED) is 0.294. The molecule has 1 N–H and O–H groups in total. The topological polar surface area (TPSA) is 108 Å². The fraction of sp³-hybridized carbons (Fsp3) is 0.750. The molecule has 1 rings (SSSR count). The molecule has 1 heterocycles. The van der Waals surface area contributed by atoms with E-state index in [-0.39, 0.29) is 6.61 Å². The molecule has 0 radical (unpaired) electrons. The Kier molecular flexibility index (Phi) is 6.81. The summed E-state index contributed by atoms with van der Waals surface area (Å²) in [5, 5.41) is 9.85. The number of hydrogen-bond acceptors (Lipinski definition) is 8. The van der Waals surface area contributed by atoms with Crippen molar-refractivity contribution in [3.8, 4) is 0 Å². The minimum Gasteiger partial charge on any atom is -0.463 e. The second-order valence-corrected chi connectivity index (χ2v) is 5.90. The summed E-state index contributed by atoms with van der Waals surface area (Å²) >= 11 is 1.84. The van der Waals surface area contributed by atoms with Gasteiger partial charge in [0.15, 0.2) is 18.5 Å². The standard InChI is InChI=1S/C12H17IO8/c1-5(14)18-4-8-10(19-6(2)15)11(20-7(3)16)9(13)12(17)21-8/h8-12,17H,4H2,1-3H3/t8-,9-,10-,11-,12-/m0/s1. The zero-order chi connectivity index (χ0) is 16.2. The lowest BCUT2D eigenvalue weighted by Gasteiger charge is -2.41. The van der Waals surface area contributed by atoms with E-state index in [9.17, 15) is 19.5 Å². The monoisotopic (exact) mass is 416 g/mol. The highest BCUT2D eigenvalue weighted by atomic mass is 127. The molecule has 1 aliphatic rings. The number of carbonyl (C=O) groups is 3. The van der Waals surface area contributed by atoms with E-state index in [0.717, 1.165) is 0 Å². The molecular weight excluding hydrogens is 399 g/mol. The first-order valence-electron chi connectivity index (χ1n) is 6.17. The van der Waals surface area contributed by atoms with Crippen molar-refractivity contribution in [1.29, 1.82) is 0 Å². The third-order valence-corrected chi connectivity index (χ3v) is 3.97. The normalized spacial score (nSPS) is 32.1. The SMILES string of the molecule is CC(=O)OC[C@@H]1O[C@H](O)[C@@H](I)[C@H](OC(C)=O)[C@H]1OC(C)=O. The van der Waals surface area contributed by atoms with Crippen molar-refractivity contribution in [1.82, 2.24) is 0 Å². The highest BCUT2D eigenvalue weighted by Crippen LogP contribution is 2.30. The van der Waals surface area contributed by atoms with E-state index in [1.165, 1.54) is 20.8 Å². The summed E-state index contributed by atoms with van der Waals surface area (Å²) in [6, 6.07) is 0. The van der Waals surface area contributed by atoms with E-state index in [2.05, 4.69) is 0 Å². The molecule has 0 unspecified atom stereocenters. The number of ether oxygens (including phenoxy) is 4. The lowest BCUT2D eigenvalue weighted by atomic mass is 10.0. The minimum absolute atomic E-state index is 0.231. The van der Waals surface area contributed by atoms with Crippen LogP contribution in [0.3, 0.4) is 0 Å². The number of alkyl halides is 1. The molecule has 8 nitrogen and oxygen atoms in total. The van der Waals surface area contributed by atoms with Gasteiger partial charge in [-0.1, -0.05) is 22.6 Å². The number of hydrogen-bond donors (Lipinski definition) is 1. The maximum atomic E-state index is 11.2. The van der Waals surface area contributed by atoms with Crippen LogP contribution in [-0.2, 0) is 33.3 Å². The van der Waals surface area contributed by atoms with Gasteiger partial charge in [0.05, 0.1) is 0 Å². The number of aliphatic hydroxyl groups excluding tert-OH is 1. The van der Waals surface area contributed by atoms with Crippen LogP contribution in [-0.4, -0.2) is 58.1 Å².